The minimum atomic E-state index is -4.33. The second-order valence-corrected chi connectivity index (χ2v) is 10.9. The Morgan fingerprint density at radius 3 is 2.33 bits per heavy atom. The lowest BCUT2D eigenvalue weighted by Gasteiger charge is -2.30. The quantitative estimate of drug-likeness (QED) is 0.458. The zero-order valence-electron chi connectivity index (χ0n) is 19.9. The number of amides is 2. The predicted molar refractivity (Wildman–Crippen MR) is 128 cm³/mol. The minimum Gasteiger partial charge on any atom is -0.378 e. The molecular weight excluding hydrogens is 494 g/mol. The summed E-state index contributed by atoms with van der Waals surface area (Å²) in [6.07, 6.45) is 0. The molecule has 0 aliphatic carbocycles. The molecule has 10 nitrogen and oxygen atoms in total. The summed E-state index contributed by atoms with van der Waals surface area (Å²) in [5.74, 6) is -3.46. The Labute approximate surface area is 206 Å². The van der Waals surface area contributed by atoms with Crippen LogP contribution >= 0.6 is 0 Å². The molecule has 1 aromatic heterocycles. The first-order chi connectivity index (χ1) is 16.7. The van der Waals surface area contributed by atoms with Crippen LogP contribution in [0.3, 0.4) is 0 Å². The zero-order valence-corrected chi connectivity index (χ0v) is 20.7. The van der Waals surface area contributed by atoms with Crippen LogP contribution in [0.25, 0.3) is 0 Å². The molecule has 2 amide bonds. The maximum atomic E-state index is 13.7. The van der Waals surface area contributed by atoms with Crippen LogP contribution in [-0.4, -0.2) is 48.8 Å². The number of halogens is 2. The van der Waals surface area contributed by atoms with Crippen molar-refractivity contribution in [3.63, 3.8) is 0 Å². The monoisotopic (exact) mass is 518 g/mol. The number of sulfonamides is 1. The highest BCUT2D eigenvalue weighted by atomic mass is 32.2. The van der Waals surface area contributed by atoms with Gasteiger partial charge >= 0.3 is 0 Å². The smallest absolute Gasteiger partial charge is 0.257 e. The van der Waals surface area contributed by atoms with Gasteiger partial charge in [0.2, 0.25) is 15.9 Å². The largest absolute Gasteiger partial charge is 0.378 e. The molecule has 0 spiro atoms. The Kier molecular flexibility index (Phi) is 6.09. The Bertz CT molecular complexity index is 1480. The topological polar surface area (TPSA) is 141 Å². The standard InChI is InChI=1S/C23H24F2N6O4S/c1-23(2)19-18(11-31(23)36(34,35)15-8-12(24)7-13(25)9-15)21(29-28-19)27-22(33)16-6-5-14(30(3)4)10-17(16)20(26)32/h5-10H,11H2,1-4H3,(H2,26,32)(H2,27,28,29,33). The van der Waals surface area contributed by atoms with E-state index in [1.165, 1.54) is 12.1 Å². The van der Waals surface area contributed by atoms with Crippen LogP contribution in [0.15, 0.2) is 41.3 Å². The number of carbonyl (C=O) groups is 2. The summed E-state index contributed by atoms with van der Waals surface area (Å²) in [7, 11) is -0.789. The van der Waals surface area contributed by atoms with Gasteiger partial charge < -0.3 is 16.0 Å². The number of aromatic amines is 1. The maximum absolute atomic E-state index is 13.7. The summed E-state index contributed by atoms with van der Waals surface area (Å²) in [6.45, 7) is 2.97. The highest BCUT2D eigenvalue weighted by Crippen LogP contribution is 2.44. The molecule has 3 aromatic rings. The van der Waals surface area contributed by atoms with E-state index in [0.717, 1.165) is 16.4 Å². The molecular formula is C23H24F2N6O4S. The summed E-state index contributed by atoms with van der Waals surface area (Å²) in [5, 5.41) is 9.47. The maximum Gasteiger partial charge on any atom is 0.257 e. The van der Waals surface area contributed by atoms with Crippen molar-refractivity contribution in [2.24, 2.45) is 5.73 Å². The lowest BCUT2D eigenvalue weighted by atomic mass is 10.0. The van der Waals surface area contributed by atoms with Gasteiger partial charge in [-0.05, 0) is 44.2 Å². The Morgan fingerprint density at radius 2 is 1.75 bits per heavy atom. The SMILES string of the molecule is CN(C)c1ccc(C(=O)Nc2n[nH]c3c2CN(S(=O)(=O)c2cc(F)cc(F)c2)C3(C)C)c(C(N)=O)c1. The van der Waals surface area contributed by atoms with Gasteiger partial charge in [-0.15, -0.1) is 0 Å². The van der Waals surface area contributed by atoms with E-state index in [-0.39, 0.29) is 23.5 Å². The molecule has 0 saturated carbocycles. The summed E-state index contributed by atoms with van der Waals surface area (Å²) >= 11 is 0. The van der Waals surface area contributed by atoms with Gasteiger partial charge in [-0.1, -0.05) is 0 Å². The second-order valence-electron chi connectivity index (χ2n) is 9.04. The van der Waals surface area contributed by atoms with E-state index in [1.807, 2.05) is 0 Å². The number of nitrogens with zero attached hydrogens (tertiary/aromatic N) is 3. The third-order valence-electron chi connectivity index (χ3n) is 6.09. The van der Waals surface area contributed by atoms with E-state index >= 15 is 0 Å². The number of nitrogens with two attached hydrogens (primary N) is 1. The van der Waals surface area contributed by atoms with Crippen LogP contribution in [-0.2, 0) is 22.1 Å². The van der Waals surface area contributed by atoms with Crippen LogP contribution in [0.4, 0.5) is 20.3 Å². The summed E-state index contributed by atoms with van der Waals surface area (Å²) in [5.41, 5.74) is 5.75. The van der Waals surface area contributed by atoms with Crippen LogP contribution < -0.4 is 16.0 Å². The van der Waals surface area contributed by atoms with Crippen LogP contribution in [0.5, 0.6) is 0 Å². The van der Waals surface area contributed by atoms with E-state index in [0.29, 0.717) is 23.0 Å². The molecule has 2 heterocycles. The first-order valence-electron chi connectivity index (χ1n) is 10.7. The van der Waals surface area contributed by atoms with Gasteiger partial charge in [0.15, 0.2) is 5.82 Å². The van der Waals surface area contributed by atoms with E-state index in [4.69, 9.17) is 5.73 Å². The van der Waals surface area contributed by atoms with Crippen molar-refractivity contribution in [1.29, 1.82) is 0 Å². The molecule has 13 heteroatoms. The Hall–Kier alpha value is -3.84. The van der Waals surface area contributed by atoms with Gasteiger partial charge in [-0.3, -0.25) is 14.7 Å². The number of carbonyl (C=O) groups excluding carboxylic acids is 2. The van der Waals surface area contributed by atoms with Crippen molar-refractivity contribution in [3.8, 4) is 0 Å². The van der Waals surface area contributed by atoms with E-state index in [1.54, 1.807) is 38.9 Å². The number of fused-ring (bicyclic) bond motifs is 1. The van der Waals surface area contributed by atoms with Crippen molar-refractivity contribution in [1.82, 2.24) is 14.5 Å². The third kappa shape index (κ3) is 4.20. The Balaban J connectivity index is 1.67. The van der Waals surface area contributed by atoms with Gasteiger partial charge in [0.1, 0.15) is 11.6 Å². The van der Waals surface area contributed by atoms with Gasteiger partial charge in [-0.2, -0.15) is 9.40 Å². The van der Waals surface area contributed by atoms with Gasteiger partial charge in [0.25, 0.3) is 5.91 Å². The normalized spacial score (nSPS) is 14.9. The fourth-order valence-electron chi connectivity index (χ4n) is 4.17. The number of benzene rings is 2. The van der Waals surface area contributed by atoms with Crippen molar-refractivity contribution in [2.45, 2.75) is 30.8 Å². The molecule has 0 atom stereocenters. The van der Waals surface area contributed by atoms with Gasteiger partial charge in [0.05, 0.1) is 27.3 Å². The number of aromatic nitrogens is 2. The van der Waals surface area contributed by atoms with E-state index in [9.17, 15) is 26.8 Å². The molecule has 0 bridgehead atoms. The molecule has 190 valence electrons. The highest BCUT2D eigenvalue weighted by Gasteiger charge is 2.48. The molecule has 36 heavy (non-hydrogen) atoms. The van der Waals surface area contributed by atoms with Crippen LogP contribution in [0, 0.1) is 11.6 Å². The fraction of sp³-hybridized carbons (Fsp3) is 0.261. The molecule has 0 fully saturated rings. The summed E-state index contributed by atoms with van der Waals surface area (Å²) in [4.78, 5) is 26.2. The average Bonchev–Trinajstić information content (AvgIpc) is 3.30. The first-order valence-corrected chi connectivity index (χ1v) is 12.2. The zero-order chi connectivity index (χ0) is 26.6. The van der Waals surface area contributed by atoms with Gasteiger partial charge in [-0.25, -0.2) is 17.2 Å². The number of rotatable bonds is 6. The lowest BCUT2D eigenvalue weighted by Crippen LogP contribution is -2.40. The fourth-order valence-corrected chi connectivity index (χ4v) is 5.94. The van der Waals surface area contributed by atoms with E-state index < -0.39 is 43.9 Å². The first kappa shape index (κ1) is 25.3. The number of primary amides is 1. The number of H-pyrrole nitrogens is 1. The van der Waals surface area contributed by atoms with E-state index in [2.05, 4.69) is 15.5 Å². The van der Waals surface area contributed by atoms with Crippen molar-refractivity contribution >= 4 is 33.3 Å². The number of hydrogen-bond donors (Lipinski definition) is 3. The average molecular weight is 519 g/mol. The summed E-state index contributed by atoms with van der Waals surface area (Å²) < 4.78 is 55.2. The number of hydrogen-bond acceptors (Lipinski definition) is 6. The van der Waals surface area contributed by atoms with Crippen molar-refractivity contribution < 1.29 is 26.8 Å². The van der Waals surface area contributed by atoms with Crippen molar-refractivity contribution in [3.05, 3.63) is 70.4 Å². The summed E-state index contributed by atoms with van der Waals surface area (Å²) in [6, 6.07) is 6.65. The predicted octanol–water partition coefficient (Wildman–Crippen LogP) is 2.54. The minimum absolute atomic E-state index is 0.00328. The molecule has 0 unspecified atom stereocenters. The van der Waals surface area contributed by atoms with Crippen LogP contribution in [0.2, 0.25) is 0 Å². The van der Waals surface area contributed by atoms with Crippen molar-refractivity contribution in [2.75, 3.05) is 24.3 Å². The molecule has 4 rings (SSSR count). The molecule has 4 N–H and O–H groups in total. The number of nitrogens with one attached hydrogen (secondary N) is 2. The molecule has 0 saturated heterocycles. The molecule has 2 aromatic carbocycles. The lowest BCUT2D eigenvalue weighted by molar-refractivity contribution is 0.0977. The van der Waals surface area contributed by atoms with Gasteiger partial charge in [0, 0.05) is 38.0 Å². The molecule has 1 aliphatic heterocycles. The molecule has 1 aliphatic rings. The molecule has 0 radical (unpaired) electrons. The highest BCUT2D eigenvalue weighted by molar-refractivity contribution is 7.89. The van der Waals surface area contributed by atoms with Crippen LogP contribution in [0.1, 0.15) is 45.8 Å². The Morgan fingerprint density at radius 1 is 1.11 bits per heavy atom. The second kappa shape index (κ2) is 8.68. The number of anilines is 2. The third-order valence-corrected chi connectivity index (χ3v) is 8.09.